The lowest BCUT2D eigenvalue weighted by Crippen LogP contribution is -2.56. The molecule has 1 aliphatic rings. The van der Waals surface area contributed by atoms with Crippen molar-refractivity contribution in [2.45, 2.75) is 59.2 Å². The quantitative estimate of drug-likeness (QED) is 0.614. The van der Waals surface area contributed by atoms with E-state index in [1.54, 1.807) is 34.6 Å². The Balaban J connectivity index is 2.86. The van der Waals surface area contributed by atoms with E-state index < -0.39 is 35.8 Å². The Bertz CT molecular complexity index is 440. The van der Waals surface area contributed by atoms with Gasteiger partial charge in [-0.15, -0.1) is 0 Å². The van der Waals surface area contributed by atoms with Crippen LogP contribution in [-0.4, -0.2) is 35.8 Å². The first-order valence-electron chi connectivity index (χ1n) is 6.55. The predicted molar refractivity (Wildman–Crippen MR) is 70.1 cm³/mol. The lowest BCUT2D eigenvalue weighted by molar-refractivity contribution is -0.179. The Hall–Kier alpha value is -1.99. The van der Waals surface area contributed by atoms with Crippen LogP contribution in [0.1, 0.15) is 41.5 Å². The number of carbonyl (C=O) groups is 3. The summed E-state index contributed by atoms with van der Waals surface area (Å²) in [6.45, 7) is 9.56. The van der Waals surface area contributed by atoms with Crippen molar-refractivity contribution in [3.8, 4) is 0 Å². The molecule has 1 rings (SSSR count). The van der Waals surface area contributed by atoms with Gasteiger partial charge >= 0.3 is 18.2 Å². The number of nitrogens with one attached hydrogen (secondary N) is 1. The summed E-state index contributed by atoms with van der Waals surface area (Å²) in [5.41, 5.74) is -2.78. The first-order chi connectivity index (χ1) is 9.43. The van der Waals surface area contributed by atoms with Gasteiger partial charge in [0.1, 0.15) is 5.60 Å². The van der Waals surface area contributed by atoms with E-state index in [4.69, 9.17) is 18.9 Å². The van der Waals surface area contributed by atoms with Gasteiger partial charge in [-0.3, -0.25) is 5.32 Å². The van der Waals surface area contributed by atoms with E-state index in [9.17, 15) is 14.4 Å². The molecule has 1 aliphatic heterocycles. The average Bonchev–Trinajstić information content (AvgIpc) is 2.33. The van der Waals surface area contributed by atoms with Gasteiger partial charge in [-0.1, -0.05) is 13.8 Å². The van der Waals surface area contributed by atoms with Gasteiger partial charge in [0, 0.05) is 12.8 Å². The molecule has 2 atom stereocenters. The minimum Gasteiger partial charge on any atom is -0.444 e. The predicted octanol–water partition coefficient (Wildman–Crippen LogP) is 1.92. The molecular weight excluding hydrogens is 282 g/mol. The fraction of sp³-hybridized carbons (Fsp3) is 0.769. The van der Waals surface area contributed by atoms with Crippen LogP contribution < -0.4 is 5.32 Å². The van der Waals surface area contributed by atoms with E-state index in [1.165, 1.54) is 6.92 Å². The number of alkyl carbamates (subject to hydrolysis) is 1. The molecule has 0 aliphatic carbocycles. The van der Waals surface area contributed by atoms with Gasteiger partial charge in [-0.2, -0.15) is 0 Å². The monoisotopic (exact) mass is 303 g/mol. The molecule has 0 saturated carbocycles. The van der Waals surface area contributed by atoms with Crippen LogP contribution in [0.2, 0.25) is 0 Å². The van der Waals surface area contributed by atoms with Crippen LogP contribution in [0.25, 0.3) is 0 Å². The standard InChI is InChI=1S/C13H21NO7/c1-7(2)8-18-9(15)13(6,21-11(17)19-8)14-10(16)20-12(3,4)5/h7-8H,1-6H3,(H,14,16)/t8?,13-/m1/s1. The van der Waals surface area contributed by atoms with Gasteiger partial charge in [-0.25, -0.2) is 14.4 Å². The molecule has 21 heavy (non-hydrogen) atoms. The average molecular weight is 303 g/mol. The molecule has 120 valence electrons. The summed E-state index contributed by atoms with van der Waals surface area (Å²) < 4.78 is 19.7. The number of carbonyl (C=O) groups excluding carboxylic acids is 3. The van der Waals surface area contributed by atoms with Crippen LogP contribution in [-0.2, 0) is 23.7 Å². The maximum Gasteiger partial charge on any atom is 0.514 e. The van der Waals surface area contributed by atoms with Crippen LogP contribution in [0, 0.1) is 5.92 Å². The van der Waals surface area contributed by atoms with Crippen LogP contribution in [0.4, 0.5) is 9.59 Å². The minimum atomic E-state index is -2.01. The van der Waals surface area contributed by atoms with Crippen LogP contribution >= 0.6 is 0 Å². The maximum absolute atomic E-state index is 12.0. The Morgan fingerprint density at radius 2 is 1.86 bits per heavy atom. The van der Waals surface area contributed by atoms with Crippen molar-refractivity contribution >= 4 is 18.2 Å². The number of ether oxygens (including phenoxy) is 4. The van der Waals surface area contributed by atoms with Gasteiger partial charge in [-0.05, 0) is 20.8 Å². The highest BCUT2D eigenvalue weighted by molar-refractivity contribution is 5.86. The molecule has 0 aromatic rings. The van der Waals surface area contributed by atoms with E-state index in [2.05, 4.69) is 5.32 Å². The summed E-state index contributed by atoms with van der Waals surface area (Å²) in [5.74, 6) is -1.21. The Morgan fingerprint density at radius 1 is 1.29 bits per heavy atom. The molecule has 1 heterocycles. The molecule has 0 aromatic heterocycles. The maximum atomic E-state index is 12.0. The molecule has 8 nitrogen and oxygen atoms in total. The topological polar surface area (TPSA) is 100 Å². The fourth-order valence-electron chi connectivity index (χ4n) is 1.42. The number of hydrogen-bond donors (Lipinski definition) is 1. The normalized spacial score (nSPS) is 26.3. The molecule has 0 radical (unpaired) electrons. The van der Waals surface area contributed by atoms with Crippen molar-refractivity contribution in [2.24, 2.45) is 5.92 Å². The van der Waals surface area contributed by atoms with E-state index in [-0.39, 0.29) is 5.92 Å². The second-order valence-corrected chi connectivity index (χ2v) is 6.15. The zero-order valence-corrected chi connectivity index (χ0v) is 13.0. The molecular formula is C13H21NO7. The van der Waals surface area contributed by atoms with Crippen molar-refractivity contribution in [3.63, 3.8) is 0 Å². The van der Waals surface area contributed by atoms with Crippen molar-refractivity contribution in [3.05, 3.63) is 0 Å². The Kier molecular flexibility index (Phi) is 4.70. The smallest absolute Gasteiger partial charge is 0.444 e. The van der Waals surface area contributed by atoms with E-state index in [1.807, 2.05) is 0 Å². The highest BCUT2D eigenvalue weighted by Gasteiger charge is 2.47. The molecule has 1 N–H and O–H groups in total. The second kappa shape index (κ2) is 5.79. The summed E-state index contributed by atoms with van der Waals surface area (Å²) in [7, 11) is 0. The molecule has 1 amide bonds. The third kappa shape index (κ3) is 4.80. The SMILES string of the molecule is CC(C)C1OC(=O)O[C@@](C)(NC(=O)OC(C)(C)C)C(=O)O1. The summed E-state index contributed by atoms with van der Waals surface area (Å²) >= 11 is 0. The summed E-state index contributed by atoms with van der Waals surface area (Å²) in [4.78, 5) is 35.3. The second-order valence-electron chi connectivity index (χ2n) is 6.15. The highest BCUT2D eigenvalue weighted by Crippen LogP contribution is 2.22. The van der Waals surface area contributed by atoms with Gasteiger partial charge < -0.3 is 18.9 Å². The largest absolute Gasteiger partial charge is 0.514 e. The third-order valence-electron chi connectivity index (χ3n) is 2.40. The highest BCUT2D eigenvalue weighted by atomic mass is 16.8. The molecule has 0 spiro atoms. The number of cyclic esters (lactones) is 3. The molecule has 1 fully saturated rings. The minimum absolute atomic E-state index is 0.259. The van der Waals surface area contributed by atoms with Crippen molar-refractivity contribution in [1.29, 1.82) is 0 Å². The number of hydrogen-bond acceptors (Lipinski definition) is 7. The molecule has 1 saturated heterocycles. The van der Waals surface area contributed by atoms with Gasteiger partial charge in [0.25, 0.3) is 12.0 Å². The zero-order valence-electron chi connectivity index (χ0n) is 13.0. The van der Waals surface area contributed by atoms with Crippen molar-refractivity contribution < 1.29 is 33.3 Å². The summed E-state index contributed by atoms with van der Waals surface area (Å²) in [6.07, 6.45) is -3.11. The summed E-state index contributed by atoms with van der Waals surface area (Å²) in [5, 5.41) is 2.17. The zero-order chi connectivity index (χ0) is 16.4. The lowest BCUT2D eigenvalue weighted by Gasteiger charge is -2.27. The number of amides is 1. The summed E-state index contributed by atoms with van der Waals surface area (Å²) in [6, 6.07) is 0. The Labute approximate surface area is 123 Å². The Morgan fingerprint density at radius 3 is 2.33 bits per heavy atom. The fourth-order valence-corrected chi connectivity index (χ4v) is 1.42. The molecule has 0 aromatic carbocycles. The van der Waals surface area contributed by atoms with Crippen LogP contribution in [0.3, 0.4) is 0 Å². The van der Waals surface area contributed by atoms with E-state index in [0.29, 0.717) is 0 Å². The van der Waals surface area contributed by atoms with Crippen molar-refractivity contribution in [1.82, 2.24) is 5.32 Å². The molecule has 8 heteroatoms. The van der Waals surface area contributed by atoms with Gasteiger partial charge in [0.2, 0.25) is 0 Å². The molecule has 1 unspecified atom stereocenters. The van der Waals surface area contributed by atoms with Gasteiger partial charge in [0.15, 0.2) is 0 Å². The van der Waals surface area contributed by atoms with Crippen LogP contribution in [0.5, 0.6) is 0 Å². The van der Waals surface area contributed by atoms with Crippen molar-refractivity contribution in [2.75, 3.05) is 0 Å². The van der Waals surface area contributed by atoms with E-state index in [0.717, 1.165) is 0 Å². The molecule has 0 bridgehead atoms. The van der Waals surface area contributed by atoms with Crippen LogP contribution in [0.15, 0.2) is 0 Å². The first kappa shape index (κ1) is 17.1. The number of rotatable bonds is 2. The first-order valence-corrected chi connectivity index (χ1v) is 6.55. The number of esters is 1. The van der Waals surface area contributed by atoms with Gasteiger partial charge in [0.05, 0.1) is 0 Å². The van der Waals surface area contributed by atoms with E-state index >= 15 is 0 Å². The third-order valence-corrected chi connectivity index (χ3v) is 2.40. The lowest BCUT2D eigenvalue weighted by atomic mass is 10.2.